The summed E-state index contributed by atoms with van der Waals surface area (Å²) in [7, 11) is -5.62. The van der Waals surface area contributed by atoms with E-state index in [4.69, 9.17) is 13.8 Å². The molecule has 2 aromatic carbocycles. The molecule has 0 bridgehead atoms. The predicted molar refractivity (Wildman–Crippen MR) is 149 cm³/mol. The molecule has 0 saturated heterocycles. The van der Waals surface area contributed by atoms with Crippen LogP contribution >= 0.6 is 7.60 Å². The number of hydrogen-bond donors (Lipinski definition) is 1. The summed E-state index contributed by atoms with van der Waals surface area (Å²) in [4.78, 5) is 0.253. The number of unbranched alkanes of at least 4 members (excludes halogenated alkanes) is 1. The highest BCUT2D eigenvalue weighted by molar-refractivity contribution is 7.91. The van der Waals surface area contributed by atoms with Crippen LogP contribution in [0.4, 0.5) is 0 Å². The van der Waals surface area contributed by atoms with Crippen molar-refractivity contribution in [2.24, 2.45) is 0 Å². The number of nitrogens with one attached hydrogen (secondary N) is 1. The smallest absolute Gasteiger partial charge is 0.354 e. The van der Waals surface area contributed by atoms with E-state index in [1.807, 2.05) is 37.3 Å². The summed E-state index contributed by atoms with van der Waals surface area (Å²) in [5, 5.41) is 3.77. The van der Waals surface area contributed by atoms with E-state index in [1.54, 1.807) is 32.1 Å². The third-order valence-corrected chi connectivity index (χ3v) is 10.5. The van der Waals surface area contributed by atoms with Crippen molar-refractivity contribution in [3.8, 4) is 5.75 Å². The summed E-state index contributed by atoms with van der Waals surface area (Å²) in [6.45, 7) is 8.08. The van der Waals surface area contributed by atoms with E-state index in [2.05, 4.69) is 12.2 Å². The van der Waals surface area contributed by atoms with Gasteiger partial charge in [0.2, 0.25) is 0 Å². The lowest BCUT2D eigenvalue weighted by atomic mass is 9.88. The Hall–Kier alpha value is -1.96. The lowest BCUT2D eigenvalue weighted by Gasteiger charge is -2.36. The summed E-state index contributed by atoms with van der Waals surface area (Å²) in [6, 6.07) is 13.0. The minimum Gasteiger partial charge on any atom is -0.496 e. The van der Waals surface area contributed by atoms with Crippen LogP contribution in [-0.2, 0) is 23.4 Å². The third kappa shape index (κ3) is 6.92. The zero-order valence-electron chi connectivity index (χ0n) is 22.5. The van der Waals surface area contributed by atoms with E-state index in [1.165, 1.54) is 12.9 Å². The molecule has 0 aromatic heterocycles. The van der Waals surface area contributed by atoms with Gasteiger partial charge < -0.3 is 13.8 Å². The van der Waals surface area contributed by atoms with Crippen LogP contribution in [0.25, 0.3) is 6.08 Å². The Morgan fingerprint density at radius 1 is 1.08 bits per heavy atom. The van der Waals surface area contributed by atoms with Gasteiger partial charge in [0.05, 0.1) is 37.0 Å². The maximum atomic E-state index is 14.0. The average molecular weight is 550 g/mol. The van der Waals surface area contributed by atoms with E-state index < -0.39 is 23.0 Å². The standard InChI is InChI=1S/C28H40NO6PS/c1-6-10-17-28(7-2)21-37(31,32)26-19-23(16-18-36(30,34-8-3)35-9-4)25(33-5)20-24(26)27(29-28)22-14-12-11-13-15-22/h11-16,18-20,27,29H,6-10,17,21H2,1-5H3/b18-16+/t27-,28-/m1/s1. The fourth-order valence-corrected chi connectivity index (χ4v) is 8.33. The molecular weight excluding hydrogens is 509 g/mol. The van der Waals surface area contributed by atoms with Gasteiger partial charge in [-0.3, -0.25) is 9.88 Å². The van der Waals surface area contributed by atoms with Gasteiger partial charge >= 0.3 is 7.60 Å². The minimum atomic E-state index is -3.67. The largest absolute Gasteiger partial charge is 0.496 e. The van der Waals surface area contributed by atoms with Gasteiger partial charge in [-0.1, -0.05) is 57.0 Å². The molecular formula is C28H40NO6PS. The van der Waals surface area contributed by atoms with Crippen LogP contribution in [0.2, 0.25) is 0 Å². The maximum absolute atomic E-state index is 14.0. The topological polar surface area (TPSA) is 90.9 Å². The Balaban J connectivity index is 2.23. The van der Waals surface area contributed by atoms with Crippen molar-refractivity contribution in [3.05, 3.63) is 65.0 Å². The molecule has 2 atom stereocenters. The summed E-state index contributed by atoms with van der Waals surface area (Å²) < 4.78 is 57.4. The number of fused-ring (bicyclic) bond motifs is 1. The Kier molecular flexibility index (Phi) is 10.2. The Morgan fingerprint density at radius 3 is 2.32 bits per heavy atom. The van der Waals surface area contributed by atoms with Gasteiger partial charge in [0.25, 0.3) is 0 Å². The van der Waals surface area contributed by atoms with Crippen molar-refractivity contribution >= 4 is 23.5 Å². The molecule has 3 rings (SSSR count). The van der Waals surface area contributed by atoms with Crippen molar-refractivity contribution in [3.63, 3.8) is 0 Å². The molecule has 1 heterocycles. The molecule has 7 nitrogen and oxygen atoms in total. The number of ether oxygens (including phenoxy) is 1. The van der Waals surface area contributed by atoms with Gasteiger partial charge in [0.15, 0.2) is 9.84 Å². The van der Waals surface area contributed by atoms with Gasteiger partial charge in [-0.05, 0) is 56.0 Å². The van der Waals surface area contributed by atoms with Gasteiger partial charge in [-0.25, -0.2) is 8.42 Å². The highest BCUT2D eigenvalue weighted by atomic mass is 32.2. The van der Waals surface area contributed by atoms with Gasteiger partial charge in [-0.15, -0.1) is 0 Å². The van der Waals surface area contributed by atoms with Crippen LogP contribution in [0.1, 0.15) is 76.1 Å². The molecule has 9 heteroatoms. The first-order valence-corrected chi connectivity index (χ1v) is 16.3. The second-order valence-electron chi connectivity index (χ2n) is 9.31. The number of methoxy groups -OCH3 is 1. The molecule has 0 aliphatic carbocycles. The molecule has 0 saturated carbocycles. The molecule has 0 radical (unpaired) electrons. The number of rotatable bonds is 12. The predicted octanol–water partition coefficient (Wildman–Crippen LogP) is 6.74. The van der Waals surface area contributed by atoms with Crippen LogP contribution < -0.4 is 10.1 Å². The quantitative estimate of drug-likeness (QED) is 0.293. The van der Waals surface area contributed by atoms with E-state index in [-0.39, 0.29) is 29.9 Å². The molecule has 0 unspecified atom stereocenters. The highest BCUT2D eigenvalue weighted by Crippen LogP contribution is 2.50. The fraction of sp³-hybridized carbons (Fsp3) is 0.500. The summed E-state index contributed by atoms with van der Waals surface area (Å²) in [5.41, 5.74) is 1.55. The van der Waals surface area contributed by atoms with Crippen molar-refractivity contribution in [2.45, 2.75) is 69.9 Å². The average Bonchev–Trinajstić information content (AvgIpc) is 2.98. The highest BCUT2D eigenvalue weighted by Gasteiger charge is 2.42. The summed E-state index contributed by atoms with van der Waals surface area (Å²) >= 11 is 0. The van der Waals surface area contributed by atoms with Gasteiger partial charge in [0.1, 0.15) is 5.75 Å². The number of sulfone groups is 1. The molecule has 0 spiro atoms. The van der Waals surface area contributed by atoms with Crippen LogP contribution in [0.15, 0.2) is 53.2 Å². The molecule has 0 amide bonds. The summed E-state index contributed by atoms with van der Waals surface area (Å²) in [5.74, 6) is 1.85. The van der Waals surface area contributed by atoms with Crippen LogP contribution in [0.3, 0.4) is 0 Å². The molecule has 1 aliphatic rings. The first-order chi connectivity index (χ1) is 17.7. The second kappa shape index (κ2) is 12.7. The Labute approximate surface area is 222 Å². The van der Waals surface area contributed by atoms with E-state index >= 15 is 0 Å². The third-order valence-electron chi connectivity index (χ3n) is 6.80. The van der Waals surface area contributed by atoms with Gasteiger partial charge in [0, 0.05) is 16.9 Å². The zero-order chi connectivity index (χ0) is 27.1. The zero-order valence-corrected chi connectivity index (χ0v) is 24.2. The normalized spacial score (nSPS) is 21.5. The Bertz CT molecular complexity index is 1220. The molecule has 2 aromatic rings. The molecule has 37 heavy (non-hydrogen) atoms. The molecule has 1 aliphatic heterocycles. The van der Waals surface area contributed by atoms with Crippen molar-refractivity contribution in [2.75, 3.05) is 26.1 Å². The van der Waals surface area contributed by atoms with Crippen LogP contribution in [-0.4, -0.2) is 40.0 Å². The molecule has 0 fully saturated rings. The minimum absolute atomic E-state index is 0.00129. The molecule has 204 valence electrons. The molecule has 1 N–H and O–H groups in total. The van der Waals surface area contributed by atoms with Crippen molar-refractivity contribution in [1.82, 2.24) is 5.32 Å². The lowest BCUT2D eigenvalue weighted by molar-refractivity contribution is 0.229. The maximum Gasteiger partial charge on any atom is 0.354 e. The Morgan fingerprint density at radius 2 is 1.76 bits per heavy atom. The van der Waals surface area contributed by atoms with Crippen molar-refractivity contribution < 1.29 is 26.8 Å². The number of benzene rings is 2. The van der Waals surface area contributed by atoms with E-state index in [9.17, 15) is 13.0 Å². The fourth-order valence-electron chi connectivity index (χ4n) is 4.86. The monoisotopic (exact) mass is 549 g/mol. The number of hydrogen-bond acceptors (Lipinski definition) is 7. The van der Waals surface area contributed by atoms with Crippen LogP contribution in [0, 0.1) is 0 Å². The van der Waals surface area contributed by atoms with E-state index in [0.29, 0.717) is 23.3 Å². The van der Waals surface area contributed by atoms with Crippen molar-refractivity contribution in [1.29, 1.82) is 0 Å². The summed E-state index contributed by atoms with van der Waals surface area (Å²) in [6.07, 6.45) is 4.91. The van der Waals surface area contributed by atoms with E-state index in [0.717, 1.165) is 24.8 Å². The second-order valence-corrected chi connectivity index (χ2v) is 13.2. The SMILES string of the molecule is CCCC[C@]1(CC)CS(=O)(=O)c2cc(/C=C/P(=O)(OCC)OCC)c(OC)cc2[C@@H](c2ccccc2)N1. The lowest BCUT2D eigenvalue weighted by Crippen LogP contribution is -2.50. The van der Waals surface area contributed by atoms with Gasteiger partial charge in [-0.2, -0.15) is 0 Å². The van der Waals surface area contributed by atoms with Crippen LogP contribution in [0.5, 0.6) is 5.75 Å². The first-order valence-electron chi connectivity index (χ1n) is 13.0. The first kappa shape index (κ1) is 29.6.